The van der Waals surface area contributed by atoms with E-state index < -0.39 is 0 Å². The third kappa shape index (κ3) is 4.80. The highest BCUT2D eigenvalue weighted by atomic mass is 19.1. The first-order valence-electron chi connectivity index (χ1n) is 12.6. The molecule has 2 saturated carbocycles. The first-order valence-corrected chi connectivity index (χ1v) is 12.6. The van der Waals surface area contributed by atoms with Crippen LogP contribution in [0.3, 0.4) is 0 Å². The van der Waals surface area contributed by atoms with Crippen molar-refractivity contribution in [3.05, 3.63) is 95.4 Å². The van der Waals surface area contributed by atoms with Gasteiger partial charge in [0, 0.05) is 12.0 Å². The van der Waals surface area contributed by atoms with Gasteiger partial charge in [0.05, 0.1) is 5.71 Å². The second kappa shape index (κ2) is 9.37. The molecule has 1 spiro atoms. The van der Waals surface area contributed by atoms with Crippen LogP contribution in [-0.4, -0.2) is 11.3 Å². The molecular formula is C31H34FNO. The van der Waals surface area contributed by atoms with E-state index in [0.717, 1.165) is 37.8 Å². The summed E-state index contributed by atoms with van der Waals surface area (Å²) in [7, 11) is 0. The van der Waals surface area contributed by atoms with Crippen molar-refractivity contribution in [2.24, 2.45) is 11.1 Å². The van der Waals surface area contributed by atoms with Crippen molar-refractivity contribution in [1.82, 2.24) is 0 Å². The number of hydrogen-bond acceptors (Lipinski definition) is 2. The van der Waals surface area contributed by atoms with Crippen LogP contribution in [0.2, 0.25) is 0 Å². The van der Waals surface area contributed by atoms with Crippen molar-refractivity contribution >= 4 is 5.71 Å². The summed E-state index contributed by atoms with van der Waals surface area (Å²) in [5, 5.41) is 4.53. The minimum absolute atomic E-state index is 0.0393. The Hall–Kier alpha value is -2.94. The van der Waals surface area contributed by atoms with E-state index in [0.29, 0.717) is 23.8 Å². The highest BCUT2D eigenvalue weighted by Gasteiger charge is 2.45. The minimum atomic E-state index is -0.205. The van der Waals surface area contributed by atoms with Gasteiger partial charge in [0.25, 0.3) is 0 Å². The van der Waals surface area contributed by atoms with Crippen LogP contribution in [0.15, 0.2) is 83.8 Å². The van der Waals surface area contributed by atoms with Gasteiger partial charge in [0.1, 0.15) is 11.4 Å². The van der Waals surface area contributed by atoms with Crippen LogP contribution in [0.25, 0.3) is 11.1 Å². The van der Waals surface area contributed by atoms with E-state index in [1.165, 1.54) is 40.3 Å². The standard InChI is InChI=1S/C31H34FNO/c1-4-5-7-29(32)22(3)10-13-24-19-28(24)26-16-25(23-11-8-21(2)9-12-23)17-27(18-26)30-20-31(34-33-30)14-6-15-31/h4-5,7-9,11-12,16-18,24,28H,3,6,10,13-15,19-20H2,1-2H3/b5-4-,29-7+. The second-order valence-electron chi connectivity index (χ2n) is 10.3. The van der Waals surface area contributed by atoms with E-state index >= 15 is 0 Å². The van der Waals surface area contributed by atoms with Crippen molar-refractivity contribution in [3.63, 3.8) is 0 Å². The predicted octanol–water partition coefficient (Wildman–Crippen LogP) is 8.58. The number of nitrogens with zero attached hydrogens (tertiary/aromatic N) is 1. The lowest BCUT2D eigenvalue weighted by molar-refractivity contribution is -0.0755. The van der Waals surface area contributed by atoms with Crippen LogP contribution in [0.4, 0.5) is 4.39 Å². The van der Waals surface area contributed by atoms with Gasteiger partial charge in [0.2, 0.25) is 0 Å². The maximum atomic E-state index is 14.2. The molecule has 1 aliphatic heterocycles. The fourth-order valence-corrected chi connectivity index (χ4v) is 5.21. The quantitative estimate of drug-likeness (QED) is 0.365. The van der Waals surface area contributed by atoms with Gasteiger partial charge < -0.3 is 4.84 Å². The molecule has 176 valence electrons. The van der Waals surface area contributed by atoms with Gasteiger partial charge in [0.15, 0.2) is 0 Å². The van der Waals surface area contributed by atoms with E-state index in [-0.39, 0.29) is 11.4 Å². The largest absolute Gasteiger partial charge is 0.389 e. The normalized spacial score (nSPS) is 23.0. The van der Waals surface area contributed by atoms with Crippen LogP contribution in [0.5, 0.6) is 0 Å². The maximum Gasteiger partial charge on any atom is 0.143 e. The average molecular weight is 456 g/mol. The lowest BCUT2D eigenvalue weighted by Gasteiger charge is -2.34. The van der Waals surface area contributed by atoms with Crippen LogP contribution >= 0.6 is 0 Å². The van der Waals surface area contributed by atoms with E-state index in [1.807, 2.05) is 13.0 Å². The van der Waals surface area contributed by atoms with E-state index in [2.05, 4.69) is 61.1 Å². The second-order valence-corrected chi connectivity index (χ2v) is 10.3. The Labute approximate surface area is 202 Å². The molecule has 2 aliphatic carbocycles. The topological polar surface area (TPSA) is 21.6 Å². The molecule has 0 amide bonds. The summed E-state index contributed by atoms with van der Waals surface area (Å²) in [6, 6.07) is 15.7. The molecule has 5 rings (SSSR count). The molecule has 1 heterocycles. The first-order chi connectivity index (χ1) is 16.5. The molecule has 2 unspecified atom stereocenters. The van der Waals surface area contributed by atoms with E-state index in [1.54, 1.807) is 6.08 Å². The number of halogens is 1. The van der Waals surface area contributed by atoms with Crippen LogP contribution < -0.4 is 0 Å². The summed E-state index contributed by atoms with van der Waals surface area (Å²) >= 11 is 0. The molecule has 2 fully saturated rings. The van der Waals surface area contributed by atoms with E-state index in [4.69, 9.17) is 4.84 Å². The number of hydrogen-bond donors (Lipinski definition) is 0. The Kier molecular flexibility index (Phi) is 6.29. The predicted molar refractivity (Wildman–Crippen MR) is 139 cm³/mol. The molecule has 2 atom stereocenters. The SMILES string of the molecule is C=C(CCC1CC1c1cc(C2=NOC3(CCC3)C2)cc(-c2ccc(C)cc2)c1)/C(F)=C\C=C/C. The van der Waals surface area contributed by atoms with Gasteiger partial charge in [-0.3, -0.25) is 0 Å². The number of rotatable bonds is 8. The number of oxime groups is 1. The zero-order chi connectivity index (χ0) is 23.7. The van der Waals surface area contributed by atoms with Gasteiger partial charge in [-0.1, -0.05) is 59.8 Å². The van der Waals surface area contributed by atoms with Gasteiger partial charge >= 0.3 is 0 Å². The van der Waals surface area contributed by atoms with Gasteiger partial charge in [-0.2, -0.15) is 0 Å². The highest BCUT2D eigenvalue weighted by Crippen LogP contribution is 2.52. The molecule has 2 nitrogen and oxygen atoms in total. The Bertz CT molecular complexity index is 1170. The minimum Gasteiger partial charge on any atom is -0.389 e. The number of benzene rings is 2. The number of allylic oxidation sites excluding steroid dienone is 5. The summed E-state index contributed by atoms with van der Waals surface area (Å²) in [6.45, 7) is 7.96. The molecule has 0 bridgehead atoms. The van der Waals surface area contributed by atoms with Gasteiger partial charge in [-0.05, 0) is 105 Å². The van der Waals surface area contributed by atoms with Gasteiger partial charge in [-0.15, -0.1) is 0 Å². The van der Waals surface area contributed by atoms with Crippen LogP contribution in [-0.2, 0) is 4.84 Å². The molecular weight excluding hydrogens is 421 g/mol. The van der Waals surface area contributed by atoms with Crippen molar-refractivity contribution in [2.75, 3.05) is 0 Å². The Morgan fingerprint density at radius 1 is 1.15 bits per heavy atom. The molecule has 34 heavy (non-hydrogen) atoms. The number of aryl methyl sites for hydroxylation is 1. The van der Waals surface area contributed by atoms with Crippen molar-refractivity contribution in [3.8, 4) is 11.1 Å². The molecule has 0 saturated heterocycles. The maximum absolute atomic E-state index is 14.2. The molecule has 2 aromatic rings. The smallest absolute Gasteiger partial charge is 0.143 e. The molecule has 0 N–H and O–H groups in total. The Morgan fingerprint density at radius 3 is 2.59 bits per heavy atom. The summed E-state index contributed by atoms with van der Waals surface area (Å²) in [6.07, 6.45) is 12.2. The van der Waals surface area contributed by atoms with Crippen LogP contribution in [0.1, 0.15) is 74.5 Å². The third-order valence-corrected chi connectivity index (χ3v) is 7.72. The Morgan fingerprint density at radius 2 is 1.91 bits per heavy atom. The summed E-state index contributed by atoms with van der Waals surface area (Å²) in [5.41, 5.74) is 7.92. The summed E-state index contributed by atoms with van der Waals surface area (Å²) < 4.78 is 14.2. The fourth-order valence-electron chi connectivity index (χ4n) is 5.21. The Balaban J connectivity index is 1.35. The third-order valence-electron chi connectivity index (χ3n) is 7.72. The average Bonchev–Trinajstić information content (AvgIpc) is 3.46. The highest BCUT2D eigenvalue weighted by molar-refractivity contribution is 6.03. The lowest BCUT2D eigenvalue weighted by atomic mass is 9.76. The molecule has 3 heteroatoms. The fraction of sp³-hybridized carbons (Fsp3) is 0.387. The zero-order valence-electron chi connectivity index (χ0n) is 20.3. The lowest BCUT2D eigenvalue weighted by Crippen LogP contribution is -2.36. The molecule has 0 radical (unpaired) electrons. The van der Waals surface area contributed by atoms with Crippen molar-refractivity contribution in [2.45, 2.75) is 70.3 Å². The monoisotopic (exact) mass is 455 g/mol. The zero-order valence-corrected chi connectivity index (χ0v) is 20.3. The summed E-state index contributed by atoms with van der Waals surface area (Å²) in [4.78, 5) is 5.89. The first kappa shape index (κ1) is 22.8. The molecule has 3 aliphatic rings. The van der Waals surface area contributed by atoms with Gasteiger partial charge in [-0.25, -0.2) is 4.39 Å². The molecule has 0 aromatic heterocycles. The van der Waals surface area contributed by atoms with Crippen molar-refractivity contribution in [1.29, 1.82) is 0 Å². The molecule has 2 aromatic carbocycles. The van der Waals surface area contributed by atoms with E-state index in [9.17, 15) is 4.39 Å². The van der Waals surface area contributed by atoms with Crippen molar-refractivity contribution < 1.29 is 9.23 Å². The summed E-state index contributed by atoms with van der Waals surface area (Å²) in [5.74, 6) is 0.885. The van der Waals surface area contributed by atoms with Crippen LogP contribution in [0, 0.1) is 12.8 Å².